The van der Waals surface area contributed by atoms with E-state index < -0.39 is 11.7 Å². The fraction of sp³-hybridized carbons (Fsp3) is 0.588. The Morgan fingerprint density at radius 3 is 2.54 bits per heavy atom. The van der Waals surface area contributed by atoms with Gasteiger partial charge in [-0.1, -0.05) is 18.2 Å². The minimum Gasteiger partial charge on any atom is -0.356 e. The topological polar surface area (TPSA) is 41.1 Å². The lowest BCUT2D eigenvalue weighted by molar-refractivity contribution is -0.138. The van der Waals surface area contributed by atoms with Crippen LogP contribution in [0.3, 0.4) is 0 Å². The number of alkyl halides is 3. The monoisotopic (exact) mass is 364 g/mol. The molecule has 24 heavy (non-hydrogen) atoms. The number of nitrogens with one attached hydrogen (secondary N) is 2. The number of rotatable bonds is 6. The Morgan fingerprint density at radius 2 is 1.88 bits per heavy atom. The molecule has 7 heteroatoms. The number of carbonyl (C=O) groups is 1. The summed E-state index contributed by atoms with van der Waals surface area (Å²) in [5.41, 5.74) is -0.400. The summed E-state index contributed by atoms with van der Waals surface area (Å²) in [5.74, 6) is 0.501. The zero-order chi connectivity index (χ0) is 16.7. The van der Waals surface area contributed by atoms with E-state index in [1.807, 2.05) is 0 Å². The Kier molecular flexibility index (Phi) is 8.56. The summed E-state index contributed by atoms with van der Waals surface area (Å²) < 4.78 is 38.6. The minimum absolute atomic E-state index is 0. The average Bonchev–Trinajstić information content (AvgIpc) is 2.53. The summed E-state index contributed by atoms with van der Waals surface area (Å²) in [6, 6.07) is 5.51. The summed E-state index contributed by atoms with van der Waals surface area (Å²) in [5, 5.41) is 6.01. The molecule has 136 valence electrons. The molecule has 0 spiro atoms. The van der Waals surface area contributed by atoms with Crippen molar-refractivity contribution in [2.75, 3.05) is 19.6 Å². The highest BCUT2D eigenvalue weighted by Gasteiger charge is 2.32. The first-order valence-electron chi connectivity index (χ1n) is 8.09. The molecule has 0 saturated carbocycles. The van der Waals surface area contributed by atoms with Gasteiger partial charge in [0.1, 0.15) is 0 Å². The highest BCUT2D eigenvalue weighted by Crippen LogP contribution is 2.31. The smallest absolute Gasteiger partial charge is 0.356 e. The Morgan fingerprint density at radius 1 is 1.21 bits per heavy atom. The minimum atomic E-state index is -4.35. The van der Waals surface area contributed by atoms with E-state index in [0.717, 1.165) is 38.4 Å². The summed E-state index contributed by atoms with van der Waals surface area (Å²) >= 11 is 0. The van der Waals surface area contributed by atoms with Gasteiger partial charge in [-0.2, -0.15) is 13.2 Å². The van der Waals surface area contributed by atoms with Crippen LogP contribution in [-0.2, 0) is 17.4 Å². The van der Waals surface area contributed by atoms with Crippen molar-refractivity contribution in [1.29, 1.82) is 0 Å². The van der Waals surface area contributed by atoms with Crippen molar-refractivity contribution in [3.8, 4) is 0 Å². The lowest BCUT2D eigenvalue weighted by Crippen LogP contribution is -2.30. The van der Waals surface area contributed by atoms with Crippen LogP contribution in [0.25, 0.3) is 0 Å². The first kappa shape index (κ1) is 20.8. The maximum absolute atomic E-state index is 12.9. The van der Waals surface area contributed by atoms with Gasteiger partial charge in [-0.25, -0.2) is 0 Å². The molecule has 1 aliphatic rings. The van der Waals surface area contributed by atoms with Gasteiger partial charge in [-0.15, -0.1) is 12.4 Å². The normalized spacial score (nSPS) is 15.6. The highest BCUT2D eigenvalue weighted by atomic mass is 35.5. The standard InChI is InChI=1S/C17H23F3N2O.ClH/c18-17(19,20)15-4-2-1-3-14(15)9-12-22-16(23)6-5-13-7-10-21-11-8-13;/h1-4,13,21H,5-12H2,(H,22,23);1H. The van der Waals surface area contributed by atoms with Gasteiger partial charge in [0.05, 0.1) is 5.56 Å². The molecule has 0 aromatic heterocycles. The molecule has 2 N–H and O–H groups in total. The number of benzene rings is 1. The Bertz CT molecular complexity index is 517. The third kappa shape index (κ3) is 6.69. The fourth-order valence-corrected chi connectivity index (χ4v) is 2.95. The van der Waals surface area contributed by atoms with Gasteiger partial charge in [-0.05, 0) is 56.3 Å². The van der Waals surface area contributed by atoms with Gasteiger partial charge in [0.25, 0.3) is 0 Å². The van der Waals surface area contributed by atoms with Crippen LogP contribution in [-0.4, -0.2) is 25.5 Å². The molecule has 0 aliphatic carbocycles. The van der Waals surface area contributed by atoms with Gasteiger partial charge < -0.3 is 10.6 Å². The van der Waals surface area contributed by atoms with Crippen LogP contribution in [0.15, 0.2) is 24.3 Å². The summed E-state index contributed by atoms with van der Waals surface area (Å²) in [4.78, 5) is 11.8. The van der Waals surface area contributed by atoms with Crippen molar-refractivity contribution >= 4 is 18.3 Å². The van der Waals surface area contributed by atoms with Crippen LogP contribution in [0.5, 0.6) is 0 Å². The zero-order valence-electron chi connectivity index (χ0n) is 13.5. The molecule has 1 saturated heterocycles. The van der Waals surface area contributed by atoms with E-state index in [2.05, 4.69) is 10.6 Å². The van der Waals surface area contributed by atoms with Crippen molar-refractivity contribution in [3.63, 3.8) is 0 Å². The second-order valence-corrected chi connectivity index (χ2v) is 5.99. The van der Waals surface area contributed by atoms with E-state index in [-0.39, 0.29) is 36.8 Å². The van der Waals surface area contributed by atoms with Crippen molar-refractivity contribution in [2.45, 2.75) is 38.3 Å². The highest BCUT2D eigenvalue weighted by molar-refractivity contribution is 5.85. The summed E-state index contributed by atoms with van der Waals surface area (Å²) in [6.07, 6.45) is -0.679. The van der Waals surface area contributed by atoms with Gasteiger partial charge in [0, 0.05) is 13.0 Å². The lowest BCUT2D eigenvalue weighted by atomic mass is 9.93. The number of hydrogen-bond donors (Lipinski definition) is 2. The number of halogens is 4. The van der Waals surface area contributed by atoms with Gasteiger partial charge in [0.15, 0.2) is 0 Å². The van der Waals surface area contributed by atoms with Gasteiger partial charge >= 0.3 is 6.18 Å². The lowest BCUT2D eigenvalue weighted by Gasteiger charge is -2.22. The second-order valence-electron chi connectivity index (χ2n) is 5.99. The SMILES string of the molecule is Cl.O=C(CCC1CCNCC1)NCCc1ccccc1C(F)(F)F. The van der Waals surface area contributed by atoms with E-state index >= 15 is 0 Å². The van der Waals surface area contributed by atoms with Crippen LogP contribution in [0, 0.1) is 5.92 Å². The molecule has 2 rings (SSSR count). The van der Waals surface area contributed by atoms with Crippen LogP contribution >= 0.6 is 12.4 Å². The zero-order valence-corrected chi connectivity index (χ0v) is 14.3. The molecular weight excluding hydrogens is 341 g/mol. The molecule has 0 radical (unpaired) electrons. The third-order valence-electron chi connectivity index (χ3n) is 4.28. The van der Waals surface area contributed by atoms with E-state index in [1.165, 1.54) is 12.1 Å². The summed E-state index contributed by atoms with van der Waals surface area (Å²) in [6.45, 7) is 2.24. The van der Waals surface area contributed by atoms with E-state index in [1.54, 1.807) is 6.07 Å². The van der Waals surface area contributed by atoms with Crippen LogP contribution < -0.4 is 10.6 Å². The molecule has 0 atom stereocenters. The molecule has 1 fully saturated rings. The van der Waals surface area contributed by atoms with Crippen molar-refractivity contribution in [3.05, 3.63) is 35.4 Å². The molecule has 3 nitrogen and oxygen atoms in total. The largest absolute Gasteiger partial charge is 0.416 e. The molecule has 1 aromatic carbocycles. The fourth-order valence-electron chi connectivity index (χ4n) is 2.95. The van der Waals surface area contributed by atoms with E-state index in [0.29, 0.717) is 12.3 Å². The molecule has 1 amide bonds. The first-order valence-corrected chi connectivity index (χ1v) is 8.09. The van der Waals surface area contributed by atoms with Crippen molar-refractivity contribution in [1.82, 2.24) is 10.6 Å². The van der Waals surface area contributed by atoms with Crippen LogP contribution in [0.2, 0.25) is 0 Å². The number of amides is 1. The molecule has 0 bridgehead atoms. The first-order chi connectivity index (χ1) is 11.0. The number of hydrogen-bond acceptors (Lipinski definition) is 2. The second kappa shape index (κ2) is 9.89. The summed E-state index contributed by atoms with van der Waals surface area (Å²) in [7, 11) is 0. The average molecular weight is 365 g/mol. The Balaban J connectivity index is 0.00000288. The van der Waals surface area contributed by atoms with E-state index in [4.69, 9.17) is 0 Å². The maximum Gasteiger partial charge on any atom is 0.416 e. The number of carbonyl (C=O) groups excluding carboxylic acids is 1. The molecular formula is C17H24ClF3N2O. The van der Waals surface area contributed by atoms with E-state index in [9.17, 15) is 18.0 Å². The Labute approximate surface area is 146 Å². The van der Waals surface area contributed by atoms with Gasteiger partial charge in [0.2, 0.25) is 5.91 Å². The van der Waals surface area contributed by atoms with Crippen molar-refractivity contribution < 1.29 is 18.0 Å². The van der Waals surface area contributed by atoms with Crippen LogP contribution in [0.1, 0.15) is 36.8 Å². The Hall–Kier alpha value is -1.27. The van der Waals surface area contributed by atoms with Crippen molar-refractivity contribution in [2.24, 2.45) is 5.92 Å². The molecule has 1 aliphatic heterocycles. The maximum atomic E-state index is 12.9. The quantitative estimate of drug-likeness (QED) is 0.810. The van der Waals surface area contributed by atoms with Crippen LogP contribution in [0.4, 0.5) is 13.2 Å². The van der Waals surface area contributed by atoms with Gasteiger partial charge in [-0.3, -0.25) is 4.79 Å². The predicted octanol–water partition coefficient (Wildman–Crippen LogP) is 3.57. The molecule has 1 heterocycles. The molecule has 0 unspecified atom stereocenters. The predicted molar refractivity (Wildman–Crippen MR) is 90.2 cm³/mol. The third-order valence-corrected chi connectivity index (χ3v) is 4.28. The number of piperidine rings is 1. The molecule has 1 aromatic rings.